The summed E-state index contributed by atoms with van der Waals surface area (Å²) < 4.78 is 27.0. The van der Waals surface area contributed by atoms with Crippen LogP contribution in [0.1, 0.15) is 25.7 Å². The molecule has 0 aromatic heterocycles. The number of sulfonamides is 1. The third-order valence-corrected chi connectivity index (χ3v) is 7.99. The molecular weight excluding hydrogens is 384 g/mol. The molecule has 1 saturated carbocycles. The van der Waals surface area contributed by atoms with Gasteiger partial charge in [-0.2, -0.15) is 11.8 Å². The van der Waals surface area contributed by atoms with Crippen molar-refractivity contribution in [1.82, 2.24) is 15.1 Å². The van der Waals surface area contributed by atoms with Gasteiger partial charge in [-0.15, -0.1) is 4.40 Å². The van der Waals surface area contributed by atoms with E-state index in [2.05, 4.69) is 14.6 Å². The molecule has 1 amide bonds. The fraction of sp³-hybridized carbons (Fsp3) is 0.667. The number of carbonyl (C=O) groups excluding carboxylic acids is 1. The zero-order valence-corrected chi connectivity index (χ0v) is 17.0. The zero-order chi connectivity index (χ0) is 18.9. The fourth-order valence-corrected chi connectivity index (χ4v) is 6.23. The van der Waals surface area contributed by atoms with Gasteiger partial charge in [0, 0.05) is 49.4 Å². The van der Waals surface area contributed by atoms with Crippen molar-refractivity contribution in [3.8, 4) is 0 Å². The largest absolute Gasteiger partial charge is 0.350 e. The molecule has 3 aliphatic heterocycles. The molecule has 2 fully saturated rings. The number of carbonyl (C=O) groups is 1. The molecular formula is C18H26N4O3S2. The van der Waals surface area contributed by atoms with Gasteiger partial charge in [0.2, 0.25) is 0 Å². The Morgan fingerprint density at radius 3 is 2.67 bits per heavy atom. The summed E-state index contributed by atoms with van der Waals surface area (Å²) in [7, 11) is -3.37. The highest BCUT2D eigenvalue weighted by atomic mass is 32.2. The number of nitrogens with one attached hydrogen (secondary N) is 1. The Kier molecular flexibility index (Phi) is 5.35. The van der Waals surface area contributed by atoms with Crippen molar-refractivity contribution >= 4 is 33.5 Å². The smallest absolute Gasteiger partial charge is 0.256 e. The Morgan fingerprint density at radius 2 is 1.93 bits per heavy atom. The first-order chi connectivity index (χ1) is 13.0. The molecule has 0 spiro atoms. The van der Waals surface area contributed by atoms with Crippen molar-refractivity contribution in [1.29, 1.82) is 0 Å². The molecule has 9 heteroatoms. The maximum Gasteiger partial charge on any atom is 0.256 e. The number of hydrogen-bond donors (Lipinski definition) is 1. The Morgan fingerprint density at radius 1 is 1.19 bits per heavy atom. The zero-order valence-electron chi connectivity index (χ0n) is 15.4. The van der Waals surface area contributed by atoms with E-state index in [4.69, 9.17) is 0 Å². The Bertz CT molecular complexity index is 791. The molecule has 0 aromatic rings. The lowest BCUT2D eigenvalue weighted by Crippen LogP contribution is -2.56. The second kappa shape index (κ2) is 7.60. The van der Waals surface area contributed by atoms with Gasteiger partial charge in [0.05, 0.1) is 11.3 Å². The summed E-state index contributed by atoms with van der Waals surface area (Å²) in [5.41, 5.74) is 0.650. The number of fused-ring (bicyclic) bond motifs is 1. The molecule has 0 aromatic carbocycles. The number of amidine groups is 1. The van der Waals surface area contributed by atoms with E-state index in [1.165, 1.54) is 24.3 Å². The van der Waals surface area contributed by atoms with Crippen molar-refractivity contribution < 1.29 is 13.2 Å². The van der Waals surface area contributed by atoms with Crippen LogP contribution in [0.2, 0.25) is 0 Å². The van der Waals surface area contributed by atoms with Crippen LogP contribution in [-0.4, -0.2) is 78.9 Å². The fourth-order valence-electron chi connectivity index (χ4n) is 4.36. The average molecular weight is 411 g/mol. The summed E-state index contributed by atoms with van der Waals surface area (Å²) in [5.74, 6) is 2.60. The lowest BCUT2D eigenvalue weighted by Gasteiger charge is -2.43. The first kappa shape index (κ1) is 19.0. The van der Waals surface area contributed by atoms with Crippen molar-refractivity contribution in [2.24, 2.45) is 4.40 Å². The quantitative estimate of drug-likeness (QED) is 0.744. The number of amides is 1. The molecule has 1 aliphatic carbocycles. The van der Waals surface area contributed by atoms with Gasteiger partial charge >= 0.3 is 0 Å². The highest BCUT2D eigenvalue weighted by Crippen LogP contribution is 2.36. The average Bonchev–Trinajstić information content (AvgIpc) is 3.16. The molecule has 1 saturated heterocycles. The minimum absolute atomic E-state index is 0.0220. The first-order valence-corrected chi connectivity index (χ1v) is 12.3. The SMILES string of the molecule is O=C(NCC1(N2CCSCC2)CCCC1)C1=CN2CCS(=O)(=O)N=C2C=C1. The van der Waals surface area contributed by atoms with Crippen LogP contribution in [0.25, 0.3) is 0 Å². The highest BCUT2D eigenvalue weighted by molar-refractivity contribution is 7.99. The van der Waals surface area contributed by atoms with Crippen LogP contribution in [0.3, 0.4) is 0 Å². The number of nitrogens with zero attached hydrogens (tertiary/aromatic N) is 3. The first-order valence-electron chi connectivity index (χ1n) is 9.58. The highest BCUT2D eigenvalue weighted by Gasteiger charge is 2.40. The summed E-state index contributed by atoms with van der Waals surface area (Å²) in [6, 6.07) is 0. The van der Waals surface area contributed by atoms with Crippen molar-refractivity contribution in [3.05, 3.63) is 23.9 Å². The van der Waals surface area contributed by atoms with E-state index >= 15 is 0 Å². The molecule has 1 N–H and O–H groups in total. The minimum Gasteiger partial charge on any atom is -0.350 e. The number of thioether (sulfide) groups is 1. The Labute approximate surface area is 165 Å². The van der Waals surface area contributed by atoms with Crippen LogP contribution in [0.4, 0.5) is 0 Å². The monoisotopic (exact) mass is 410 g/mol. The van der Waals surface area contributed by atoms with Gasteiger partial charge in [0.25, 0.3) is 15.9 Å². The topological polar surface area (TPSA) is 82.1 Å². The van der Waals surface area contributed by atoms with E-state index in [9.17, 15) is 13.2 Å². The molecule has 7 nitrogen and oxygen atoms in total. The third kappa shape index (κ3) is 4.09. The molecule has 4 aliphatic rings. The van der Waals surface area contributed by atoms with Gasteiger partial charge in [-0.1, -0.05) is 12.8 Å². The second-order valence-electron chi connectivity index (χ2n) is 7.56. The van der Waals surface area contributed by atoms with Gasteiger partial charge < -0.3 is 10.2 Å². The number of rotatable bonds is 4. The molecule has 0 radical (unpaired) electrons. The maximum atomic E-state index is 12.7. The van der Waals surface area contributed by atoms with E-state index in [0.29, 0.717) is 24.5 Å². The predicted octanol–water partition coefficient (Wildman–Crippen LogP) is 0.962. The third-order valence-electron chi connectivity index (χ3n) is 5.88. The van der Waals surface area contributed by atoms with Crippen molar-refractivity contribution in [3.63, 3.8) is 0 Å². The molecule has 27 heavy (non-hydrogen) atoms. The minimum atomic E-state index is -3.37. The summed E-state index contributed by atoms with van der Waals surface area (Å²) in [5, 5.41) is 3.15. The van der Waals surface area contributed by atoms with E-state index in [0.717, 1.165) is 25.9 Å². The van der Waals surface area contributed by atoms with Gasteiger partial charge in [-0.05, 0) is 25.0 Å². The van der Waals surface area contributed by atoms with E-state index < -0.39 is 10.0 Å². The van der Waals surface area contributed by atoms with Crippen LogP contribution in [0.5, 0.6) is 0 Å². The Hall–Kier alpha value is -1.32. The number of hydrogen-bond acceptors (Lipinski definition) is 6. The van der Waals surface area contributed by atoms with Crippen molar-refractivity contribution in [2.75, 3.05) is 43.4 Å². The summed E-state index contributed by atoms with van der Waals surface area (Å²) in [4.78, 5) is 17.1. The van der Waals surface area contributed by atoms with Crippen molar-refractivity contribution in [2.45, 2.75) is 31.2 Å². The second-order valence-corrected chi connectivity index (χ2v) is 10.5. The van der Waals surface area contributed by atoms with E-state index in [1.54, 1.807) is 23.3 Å². The van der Waals surface area contributed by atoms with E-state index in [1.807, 2.05) is 11.8 Å². The molecule has 3 heterocycles. The maximum absolute atomic E-state index is 12.7. The van der Waals surface area contributed by atoms with Gasteiger partial charge in [-0.25, -0.2) is 8.42 Å². The lowest BCUT2D eigenvalue weighted by atomic mass is 9.94. The van der Waals surface area contributed by atoms with Gasteiger partial charge in [0.1, 0.15) is 5.84 Å². The van der Waals surface area contributed by atoms with Gasteiger partial charge in [0.15, 0.2) is 0 Å². The van der Waals surface area contributed by atoms with E-state index in [-0.39, 0.29) is 17.2 Å². The van der Waals surface area contributed by atoms with Crippen LogP contribution < -0.4 is 5.32 Å². The summed E-state index contributed by atoms with van der Waals surface area (Å²) >= 11 is 2.01. The van der Waals surface area contributed by atoms with Crippen LogP contribution >= 0.6 is 11.8 Å². The van der Waals surface area contributed by atoms with Crippen LogP contribution in [0.15, 0.2) is 28.3 Å². The van der Waals surface area contributed by atoms with Gasteiger partial charge in [-0.3, -0.25) is 9.69 Å². The normalized spacial score (nSPS) is 26.9. The predicted molar refractivity (Wildman–Crippen MR) is 108 cm³/mol. The van der Waals surface area contributed by atoms with Crippen LogP contribution in [0, 0.1) is 0 Å². The van der Waals surface area contributed by atoms with Crippen LogP contribution in [-0.2, 0) is 14.8 Å². The molecule has 0 unspecified atom stereocenters. The molecule has 0 bridgehead atoms. The molecule has 148 valence electrons. The lowest BCUT2D eigenvalue weighted by molar-refractivity contribution is -0.117. The Balaban J connectivity index is 1.42. The molecule has 0 atom stereocenters. The summed E-state index contributed by atoms with van der Waals surface area (Å²) in [6.07, 6.45) is 9.72. The standard InChI is InChI=1S/C18H26N4O3S2/c23-17(15-3-4-16-20-27(24,25)12-9-21(16)13-15)19-14-18(5-1-2-6-18)22-7-10-26-11-8-22/h3-4,13H,1-2,5-12,14H2,(H,19,23). The summed E-state index contributed by atoms with van der Waals surface area (Å²) in [6.45, 7) is 3.21. The molecule has 4 rings (SSSR count).